The van der Waals surface area contributed by atoms with E-state index in [2.05, 4.69) is 10.3 Å². The molecule has 0 spiro atoms. The maximum absolute atomic E-state index is 12.3. The minimum Gasteiger partial charge on any atom is -0.493 e. The van der Waals surface area contributed by atoms with Crippen molar-refractivity contribution in [1.82, 2.24) is 10.3 Å². The van der Waals surface area contributed by atoms with E-state index in [1.54, 1.807) is 25.1 Å². The van der Waals surface area contributed by atoms with Crippen molar-refractivity contribution >= 4 is 17.7 Å². The number of thioether (sulfide) groups is 1. The van der Waals surface area contributed by atoms with Crippen molar-refractivity contribution in [3.05, 3.63) is 48.2 Å². The Morgan fingerprint density at radius 2 is 2.29 bits per heavy atom. The van der Waals surface area contributed by atoms with Gasteiger partial charge in [0, 0.05) is 18.5 Å². The molecule has 0 saturated carbocycles. The number of rotatable bonds is 6. The van der Waals surface area contributed by atoms with Crippen molar-refractivity contribution in [2.24, 2.45) is 5.92 Å². The summed E-state index contributed by atoms with van der Waals surface area (Å²) in [6.45, 7) is 0.994. The van der Waals surface area contributed by atoms with Gasteiger partial charge in [-0.25, -0.2) is 4.98 Å². The number of carbonyl (C=O) groups excluding carboxylic acids is 1. The molecule has 2 heterocycles. The minimum absolute atomic E-state index is 0.0325. The van der Waals surface area contributed by atoms with Gasteiger partial charge in [0.05, 0.1) is 18.1 Å². The van der Waals surface area contributed by atoms with E-state index in [1.807, 2.05) is 36.4 Å². The van der Waals surface area contributed by atoms with Crippen molar-refractivity contribution in [2.45, 2.75) is 11.4 Å². The summed E-state index contributed by atoms with van der Waals surface area (Å²) in [5.41, 5.74) is 1.02. The number of ether oxygens (including phenoxy) is 2. The molecule has 0 bridgehead atoms. The fourth-order valence-corrected chi connectivity index (χ4v) is 3.35. The first kappa shape index (κ1) is 16.6. The van der Waals surface area contributed by atoms with E-state index in [-0.39, 0.29) is 11.8 Å². The van der Waals surface area contributed by atoms with Gasteiger partial charge < -0.3 is 14.8 Å². The number of benzene rings is 1. The summed E-state index contributed by atoms with van der Waals surface area (Å²) in [6.07, 6.45) is 2.44. The fraction of sp³-hybridized carbons (Fsp3) is 0.333. The second kappa shape index (κ2) is 8.06. The lowest BCUT2D eigenvalue weighted by Crippen LogP contribution is -2.38. The van der Waals surface area contributed by atoms with Crippen molar-refractivity contribution in [1.29, 1.82) is 0 Å². The van der Waals surface area contributed by atoms with E-state index < -0.39 is 0 Å². The maximum Gasteiger partial charge on any atom is 0.226 e. The van der Waals surface area contributed by atoms with Crippen LogP contribution in [0.1, 0.15) is 5.56 Å². The summed E-state index contributed by atoms with van der Waals surface area (Å²) in [6, 6.07) is 11.6. The molecule has 1 aromatic carbocycles. The van der Waals surface area contributed by atoms with Gasteiger partial charge >= 0.3 is 0 Å². The summed E-state index contributed by atoms with van der Waals surface area (Å²) in [5.74, 6) is 2.14. The highest BCUT2D eigenvalue weighted by atomic mass is 32.2. The van der Waals surface area contributed by atoms with E-state index in [1.165, 1.54) is 0 Å². The largest absolute Gasteiger partial charge is 0.493 e. The molecule has 0 fully saturated rings. The van der Waals surface area contributed by atoms with Gasteiger partial charge in [-0.2, -0.15) is 0 Å². The molecular formula is C18H20N2O3S. The number of methoxy groups -OCH3 is 1. The van der Waals surface area contributed by atoms with E-state index >= 15 is 0 Å². The van der Waals surface area contributed by atoms with Crippen molar-refractivity contribution < 1.29 is 14.3 Å². The third-order valence-electron chi connectivity index (χ3n) is 3.84. The zero-order chi connectivity index (χ0) is 16.8. The van der Waals surface area contributed by atoms with Gasteiger partial charge in [0.15, 0.2) is 11.5 Å². The summed E-state index contributed by atoms with van der Waals surface area (Å²) >= 11 is 1.63. The van der Waals surface area contributed by atoms with Gasteiger partial charge in [-0.3, -0.25) is 4.79 Å². The lowest BCUT2D eigenvalue weighted by Gasteiger charge is -2.25. The summed E-state index contributed by atoms with van der Waals surface area (Å²) in [5, 5.41) is 3.95. The third-order valence-corrected chi connectivity index (χ3v) is 4.78. The SMILES string of the molecule is COc1cccc2c1OC[C@@H](C(=O)NCCSc1ccccn1)C2. The van der Waals surface area contributed by atoms with Crippen LogP contribution in [0.3, 0.4) is 0 Å². The van der Waals surface area contributed by atoms with Crippen LogP contribution in [0.25, 0.3) is 0 Å². The zero-order valence-electron chi connectivity index (χ0n) is 13.5. The highest BCUT2D eigenvalue weighted by Crippen LogP contribution is 2.35. The molecule has 1 atom stereocenters. The van der Waals surface area contributed by atoms with E-state index in [4.69, 9.17) is 9.47 Å². The van der Waals surface area contributed by atoms with Gasteiger partial charge in [-0.05, 0) is 30.2 Å². The fourth-order valence-electron chi connectivity index (χ4n) is 2.63. The number of hydrogen-bond acceptors (Lipinski definition) is 5. The molecule has 0 aliphatic carbocycles. The second-order valence-corrected chi connectivity index (χ2v) is 6.58. The molecule has 126 valence electrons. The minimum atomic E-state index is -0.163. The van der Waals surface area contributed by atoms with Crippen molar-refractivity contribution in [3.8, 4) is 11.5 Å². The Hall–Kier alpha value is -2.21. The van der Waals surface area contributed by atoms with Crippen LogP contribution in [0.4, 0.5) is 0 Å². The molecule has 1 N–H and O–H groups in total. The van der Waals surface area contributed by atoms with Gasteiger partial charge in [0.1, 0.15) is 6.61 Å². The molecule has 2 aromatic rings. The van der Waals surface area contributed by atoms with E-state index in [0.29, 0.717) is 19.6 Å². The highest BCUT2D eigenvalue weighted by molar-refractivity contribution is 7.99. The number of aromatic nitrogens is 1. The first-order valence-corrected chi connectivity index (χ1v) is 8.86. The average Bonchev–Trinajstić information content (AvgIpc) is 2.65. The monoisotopic (exact) mass is 344 g/mol. The lowest BCUT2D eigenvalue weighted by molar-refractivity contribution is -0.126. The Kier molecular flexibility index (Phi) is 5.59. The number of amides is 1. The Morgan fingerprint density at radius 1 is 1.38 bits per heavy atom. The van der Waals surface area contributed by atoms with Crippen molar-refractivity contribution in [3.63, 3.8) is 0 Å². The van der Waals surface area contributed by atoms with Crippen LogP contribution in [0, 0.1) is 5.92 Å². The van der Waals surface area contributed by atoms with E-state index in [0.717, 1.165) is 27.8 Å². The first-order valence-electron chi connectivity index (χ1n) is 7.88. The standard InChI is InChI=1S/C18H20N2O3S/c1-22-15-6-4-5-13-11-14(12-23-17(13)15)18(21)20-9-10-24-16-7-2-3-8-19-16/h2-8,14H,9-12H2,1H3,(H,20,21)/t14-/m0/s1. The lowest BCUT2D eigenvalue weighted by atomic mass is 9.95. The van der Waals surface area contributed by atoms with Gasteiger partial charge in [0.2, 0.25) is 5.91 Å². The number of carbonyl (C=O) groups is 1. The number of pyridine rings is 1. The highest BCUT2D eigenvalue weighted by Gasteiger charge is 2.27. The van der Waals surface area contributed by atoms with Crippen molar-refractivity contribution in [2.75, 3.05) is 26.0 Å². The Labute approximate surface area is 145 Å². The van der Waals surface area contributed by atoms with Crippen LogP contribution in [-0.4, -0.2) is 36.9 Å². The van der Waals surface area contributed by atoms with Crippen LogP contribution in [0.15, 0.2) is 47.6 Å². The summed E-state index contributed by atoms with van der Waals surface area (Å²) in [7, 11) is 1.62. The van der Waals surface area contributed by atoms with Crippen LogP contribution in [-0.2, 0) is 11.2 Å². The van der Waals surface area contributed by atoms with Crippen LogP contribution >= 0.6 is 11.8 Å². The molecule has 0 unspecified atom stereocenters. The molecule has 1 amide bonds. The maximum atomic E-state index is 12.3. The Balaban J connectivity index is 1.48. The molecule has 24 heavy (non-hydrogen) atoms. The predicted octanol–water partition coefficient (Wildman–Crippen LogP) is 2.55. The quantitative estimate of drug-likeness (QED) is 0.645. The molecule has 5 nitrogen and oxygen atoms in total. The number of hydrogen-bond donors (Lipinski definition) is 1. The Bertz CT molecular complexity index is 694. The van der Waals surface area contributed by atoms with Crippen LogP contribution < -0.4 is 14.8 Å². The molecule has 6 heteroatoms. The topological polar surface area (TPSA) is 60.5 Å². The van der Waals surface area contributed by atoms with Gasteiger partial charge in [-0.15, -0.1) is 11.8 Å². The zero-order valence-corrected chi connectivity index (χ0v) is 14.3. The number of para-hydroxylation sites is 1. The summed E-state index contributed by atoms with van der Waals surface area (Å²) in [4.78, 5) is 16.6. The predicted molar refractivity (Wildman–Crippen MR) is 93.7 cm³/mol. The molecule has 0 radical (unpaired) electrons. The molecular weight excluding hydrogens is 324 g/mol. The third kappa shape index (κ3) is 4.00. The second-order valence-electron chi connectivity index (χ2n) is 5.47. The number of nitrogens with one attached hydrogen (secondary N) is 1. The average molecular weight is 344 g/mol. The molecule has 0 saturated heterocycles. The van der Waals surface area contributed by atoms with Gasteiger partial charge in [-0.1, -0.05) is 18.2 Å². The summed E-state index contributed by atoms with van der Waals surface area (Å²) < 4.78 is 11.0. The van der Waals surface area contributed by atoms with Crippen LogP contribution in [0.5, 0.6) is 11.5 Å². The molecule has 3 rings (SSSR count). The Morgan fingerprint density at radius 3 is 3.08 bits per heavy atom. The normalized spacial score (nSPS) is 16.0. The number of nitrogens with zero attached hydrogens (tertiary/aromatic N) is 1. The molecule has 1 aliphatic heterocycles. The smallest absolute Gasteiger partial charge is 0.226 e. The molecule has 1 aliphatic rings. The van der Waals surface area contributed by atoms with Crippen LogP contribution in [0.2, 0.25) is 0 Å². The number of fused-ring (bicyclic) bond motifs is 1. The first-order chi connectivity index (χ1) is 11.8. The van der Waals surface area contributed by atoms with Gasteiger partial charge in [0.25, 0.3) is 0 Å². The van der Waals surface area contributed by atoms with E-state index in [9.17, 15) is 4.79 Å². The molecule has 1 aromatic heterocycles.